The van der Waals surface area contributed by atoms with E-state index in [9.17, 15) is 56.4 Å². The van der Waals surface area contributed by atoms with Crippen LogP contribution in [0.1, 0.15) is 63.6 Å². The number of aliphatic imine (C=N–C) groups is 3. The zero-order valence-electron chi connectivity index (χ0n) is 40.2. The Bertz CT molecular complexity index is 3030. The second-order valence-corrected chi connectivity index (χ2v) is 16.7. The molecule has 6 atom stereocenters. The number of carbonyl (C=O) groups is 4. The van der Waals surface area contributed by atoms with Crippen LogP contribution in [0.5, 0.6) is 0 Å². The van der Waals surface area contributed by atoms with E-state index < -0.39 is 92.4 Å². The van der Waals surface area contributed by atoms with Gasteiger partial charge in [0, 0.05) is 79.2 Å². The van der Waals surface area contributed by atoms with E-state index in [1.807, 2.05) is 0 Å². The predicted octanol–water partition coefficient (Wildman–Crippen LogP) is -1.24. The number of methoxy groups -OCH3 is 3. The summed E-state index contributed by atoms with van der Waals surface area (Å²) in [5.74, 6) is -4.02. The van der Waals surface area contributed by atoms with Gasteiger partial charge in [0.1, 0.15) is 23.6 Å². The minimum Gasteiger partial charge on any atom is -0.481 e. The van der Waals surface area contributed by atoms with Crippen molar-refractivity contribution in [2.24, 2.45) is 69.1 Å². The lowest BCUT2D eigenvalue weighted by Crippen LogP contribution is -2.39. The molecule has 3 aliphatic heterocycles. The molecule has 6 rings (SSSR count). The molecule has 2 N–H and O–H groups in total. The number of esters is 3. The van der Waals surface area contributed by atoms with Crippen molar-refractivity contribution in [3.8, 4) is 0 Å². The quantitative estimate of drug-likeness (QED) is 0.151. The van der Waals surface area contributed by atoms with E-state index in [-0.39, 0.29) is 42.5 Å². The molecular weight excluding hydrogens is 974 g/mol. The van der Waals surface area contributed by atoms with Crippen molar-refractivity contribution >= 4 is 82.5 Å². The van der Waals surface area contributed by atoms with Crippen molar-refractivity contribution in [2.75, 3.05) is 27.6 Å². The number of hydrogen-bond donors (Lipinski definition) is 2. The minimum atomic E-state index is -3.58. The number of carboxylic acid groups (broad SMARTS) is 1. The van der Waals surface area contributed by atoms with Gasteiger partial charge in [-0.25, -0.2) is 38.9 Å². The van der Waals surface area contributed by atoms with Gasteiger partial charge < -0.3 is 24.4 Å². The van der Waals surface area contributed by atoms with Gasteiger partial charge in [-0.2, -0.15) is 8.42 Å². The molecule has 390 valence electrons. The number of aromatic nitrogens is 6. The summed E-state index contributed by atoms with van der Waals surface area (Å²) in [6, 6.07) is 0. The van der Waals surface area contributed by atoms with Crippen LogP contribution >= 0.6 is 12.4 Å². The van der Waals surface area contributed by atoms with Crippen LogP contribution in [0.25, 0.3) is 0 Å². The van der Waals surface area contributed by atoms with E-state index in [4.69, 9.17) is 10.2 Å². The maximum atomic E-state index is 12.2. The summed E-state index contributed by atoms with van der Waals surface area (Å²) in [4.78, 5) is 126. The Morgan fingerprint density at radius 3 is 1.33 bits per heavy atom. The molecule has 0 aliphatic carbocycles. The van der Waals surface area contributed by atoms with Gasteiger partial charge in [-0.05, 0) is 13.8 Å². The van der Waals surface area contributed by atoms with Gasteiger partial charge in [0.25, 0.3) is 26.8 Å². The van der Waals surface area contributed by atoms with Crippen LogP contribution in [0, 0.1) is 11.8 Å². The van der Waals surface area contributed by atoms with E-state index in [2.05, 4.69) is 33.4 Å². The van der Waals surface area contributed by atoms with Crippen LogP contribution in [-0.4, -0.2) is 128 Å². The zero-order chi connectivity index (χ0) is 52.4. The molecule has 0 saturated heterocycles. The first-order valence-electron chi connectivity index (χ1n) is 20.0. The number of ether oxygens (including phenoxy) is 3. The third-order valence-corrected chi connectivity index (χ3v) is 11.0. The lowest BCUT2D eigenvalue weighted by Gasteiger charge is -2.16. The molecule has 0 bridgehead atoms. The highest BCUT2D eigenvalue weighted by Crippen LogP contribution is 2.34. The van der Waals surface area contributed by atoms with Crippen molar-refractivity contribution < 1.29 is 56.2 Å². The molecule has 0 spiro atoms. The number of carboxylic acids is 1. The fourth-order valence-electron chi connectivity index (χ4n) is 6.42. The molecular formula is C41H60ClN9O18S. The third-order valence-electron chi connectivity index (χ3n) is 10.4. The maximum absolute atomic E-state index is 12.2. The number of nitrogens with zero attached hydrogens (tertiary/aromatic N) is 9. The Kier molecular flexibility index (Phi) is 23.6. The summed E-state index contributed by atoms with van der Waals surface area (Å²) in [6.45, 7) is 5.83. The first kappa shape index (κ1) is 63.1. The molecule has 0 radical (unpaired) electrons. The summed E-state index contributed by atoms with van der Waals surface area (Å²) in [5.41, 5.74) is -1.15. The molecule has 0 aromatic carbocycles. The van der Waals surface area contributed by atoms with Gasteiger partial charge in [0.2, 0.25) is 0 Å². The molecule has 0 amide bonds. The molecule has 0 saturated carbocycles. The molecule has 3 unspecified atom stereocenters. The highest BCUT2D eigenvalue weighted by Gasteiger charge is 2.35. The van der Waals surface area contributed by atoms with Crippen LogP contribution in [0.2, 0.25) is 0 Å². The Hall–Kier alpha value is -6.91. The van der Waals surface area contributed by atoms with Crippen LogP contribution < -0.4 is 33.7 Å². The van der Waals surface area contributed by atoms with Crippen LogP contribution in [0.15, 0.2) is 43.7 Å². The Balaban J connectivity index is 0.000000875. The van der Waals surface area contributed by atoms with E-state index in [1.165, 1.54) is 89.3 Å². The summed E-state index contributed by atoms with van der Waals surface area (Å²) < 4.78 is 45.2. The fraction of sp³-hybridized carbons (Fsp3) is 0.537. The molecule has 29 heteroatoms. The Labute approximate surface area is 406 Å². The van der Waals surface area contributed by atoms with Gasteiger partial charge in [-0.1, -0.05) is 21.3 Å². The zero-order valence-corrected chi connectivity index (χ0v) is 41.8. The molecule has 6 heterocycles. The lowest BCUT2D eigenvalue weighted by atomic mass is 9.90. The number of aliphatic carboxylic acids is 1. The number of carbonyl (C=O) groups excluding carboxylic acids is 3. The number of fused-ring (bicyclic) bond motifs is 3. The van der Waals surface area contributed by atoms with Gasteiger partial charge in [-0.15, -0.1) is 12.4 Å². The maximum Gasteiger partial charge on any atom is 0.336 e. The van der Waals surface area contributed by atoms with Gasteiger partial charge in [-0.3, -0.25) is 55.6 Å². The van der Waals surface area contributed by atoms with Crippen LogP contribution in [0.3, 0.4) is 0 Å². The van der Waals surface area contributed by atoms with Gasteiger partial charge in [0.05, 0.1) is 56.1 Å². The van der Waals surface area contributed by atoms with E-state index in [0.717, 1.165) is 27.1 Å². The summed E-state index contributed by atoms with van der Waals surface area (Å²) in [6.07, 6.45) is 3.91. The number of hydrogen-bond acceptors (Lipinski definition) is 20. The Morgan fingerprint density at radius 2 is 0.986 bits per heavy atom. The molecule has 3 aromatic rings. The number of rotatable bonds is 8. The van der Waals surface area contributed by atoms with Crippen molar-refractivity contribution in [1.82, 2.24) is 27.4 Å². The van der Waals surface area contributed by atoms with E-state index >= 15 is 0 Å². The molecule has 3 aliphatic rings. The first-order valence-corrected chi connectivity index (χ1v) is 21.8. The third kappa shape index (κ3) is 14.3. The highest BCUT2D eigenvalue weighted by molar-refractivity contribution is 7.86. The number of aliphatic hydroxyl groups excluding tert-OH is 1. The summed E-state index contributed by atoms with van der Waals surface area (Å²) in [5, 5.41) is 17.4. The molecule has 70 heavy (non-hydrogen) atoms. The highest BCUT2D eigenvalue weighted by atomic mass is 35.5. The van der Waals surface area contributed by atoms with Crippen LogP contribution in [-0.2, 0) is 96.4 Å². The minimum absolute atomic E-state index is 0. The van der Waals surface area contributed by atoms with Crippen LogP contribution in [0.4, 0.5) is 17.5 Å². The lowest BCUT2D eigenvalue weighted by molar-refractivity contribution is -0.149. The van der Waals surface area contributed by atoms with Crippen molar-refractivity contribution in [3.63, 3.8) is 0 Å². The normalized spacial score (nSPS) is 15.8. The fourth-order valence-corrected chi connectivity index (χ4v) is 7.02. The smallest absolute Gasteiger partial charge is 0.336 e. The van der Waals surface area contributed by atoms with E-state index in [0.29, 0.717) is 29.2 Å². The van der Waals surface area contributed by atoms with Gasteiger partial charge in [0.15, 0.2) is 6.10 Å². The SMILES string of the molecule is C.COC(=O)C(C)OS(C)(=O)=O.COC(=O)[C@@H](C)C1C=Nc2c1c(=O)n(C)c(=O)n2C.COC(=O)[C@H](C)O.C[C@H](C(=O)O)C1C=Nc2c1c(=O)n(C)c(=O)n2C.Cl.Cn1c2c(c(=O)n(C)c1=O)CC=N2. The topological polar surface area (TPSA) is 349 Å². The second-order valence-electron chi connectivity index (χ2n) is 15.1. The van der Waals surface area contributed by atoms with Crippen molar-refractivity contribution in [2.45, 2.75) is 65.6 Å². The number of halogens is 1. The van der Waals surface area contributed by atoms with Gasteiger partial charge >= 0.3 is 40.9 Å². The molecule has 0 fully saturated rings. The average molecular weight is 1030 g/mol. The molecule has 3 aromatic heterocycles. The monoisotopic (exact) mass is 1030 g/mol. The first-order chi connectivity index (χ1) is 31.4. The number of aliphatic hydroxyl groups is 1. The Morgan fingerprint density at radius 1 is 0.614 bits per heavy atom. The molecule has 27 nitrogen and oxygen atoms in total. The van der Waals surface area contributed by atoms with Crippen molar-refractivity contribution in [3.05, 3.63) is 79.2 Å². The standard InChI is InChI=1S/C12H15N3O4.C11H13N3O4.C8H9N3O2.C5H10O5S.C4H8O3.CH4.ClH/c1-6(11(17)19-4)7-5-13-9-8(7)10(16)15(3)12(18)14(9)2;1-5(10(16)17)6-4-12-8-7(6)9(15)14(3)11(18)13(8)2;1-10-6-5(3-4-9-6)7(12)11(2)8(10)13;1-4(5(6)9-2)10-11(3,7)8;1-3(5)4(6)7-2;;/h5-7H,1-4H3;4-6H,1-3H3,(H,16,17);4H,3H2,1-2H3;4H,1-3H3;3,5H,1-2H3;1H4;1H/t6-,7?;5-,6?;;;3-;;/m00..0../s1. The van der Waals surface area contributed by atoms with E-state index in [1.54, 1.807) is 27.2 Å². The predicted molar refractivity (Wildman–Crippen MR) is 257 cm³/mol. The second kappa shape index (κ2) is 26.2. The summed E-state index contributed by atoms with van der Waals surface area (Å²) in [7, 11) is 9.02. The average Bonchev–Trinajstić information content (AvgIpc) is 4.09. The largest absolute Gasteiger partial charge is 0.481 e. The van der Waals surface area contributed by atoms with Crippen molar-refractivity contribution in [1.29, 1.82) is 0 Å². The summed E-state index contributed by atoms with van der Waals surface area (Å²) >= 11 is 0.